The number of amides is 1. The summed E-state index contributed by atoms with van der Waals surface area (Å²) in [5, 5.41) is 9.47. The molecule has 102 valence electrons. The molecule has 0 saturated carbocycles. The molecule has 1 aliphatic rings. The van der Waals surface area contributed by atoms with Gasteiger partial charge in [-0.15, -0.1) is 0 Å². The quantitative estimate of drug-likeness (QED) is 0.866. The van der Waals surface area contributed by atoms with Gasteiger partial charge in [0, 0.05) is 6.54 Å². The largest absolute Gasteiger partial charge is 0.390 e. The van der Waals surface area contributed by atoms with Gasteiger partial charge < -0.3 is 10.0 Å². The van der Waals surface area contributed by atoms with Crippen LogP contribution in [0.25, 0.3) is 0 Å². The van der Waals surface area contributed by atoms with E-state index < -0.39 is 23.1 Å². The molecule has 1 N–H and O–H groups in total. The average molecular weight is 286 g/mol. The molecular formula is C13H13ClFNO3. The average Bonchev–Trinajstić information content (AvgIpc) is 2.51. The maximum atomic E-state index is 13.4. The number of rotatable bonds is 3. The van der Waals surface area contributed by atoms with Crippen molar-refractivity contribution >= 4 is 29.0 Å². The molecule has 1 heterocycles. The Labute approximate surface area is 114 Å². The molecule has 0 spiro atoms. The molecule has 0 bridgehead atoms. The van der Waals surface area contributed by atoms with Crippen LogP contribution in [0, 0.1) is 5.82 Å². The second kappa shape index (κ2) is 4.58. The minimum Gasteiger partial charge on any atom is -0.390 e. The van der Waals surface area contributed by atoms with E-state index >= 15 is 0 Å². The van der Waals surface area contributed by atoms with Crippen LogP contribution in [0.4, 0.5) is 10.1 Å². The van der Waals surface area contributed by atoms with E-state index in [1.807, 2.05) is 0 Å². The topological polar surface area (TPSA) is 57.6 Å². The number of aliphatic hydroxyl groups is 1. The summed E-state index contributed by atoms with van der Waals surface area (Å²) in [5.74, 6) is -2.11. The van der Waals surface area contributed by atoms with Crippen LogP contribution in [-0.2, 0) is 4.79 Å². The van der Waals surface area contributed by atoms with Crippen LogP contribution in [0.1, 0.15) is 30.6 Å². The van der Waals surface area contributed by atoms with E-state index in [2.05, 4.69) is 0 Å². The van der Waals surface area contributed by atoms with Crippen LogP contribution >= 0.6 is 11.6 Å². The standard InChI is InChI=1S/C13H13ClFNO3/c1-13(2,19)3-4-16-10-6-9(15)8(14)5-7(10)11(17)12(16)18/h5-6,19H,3-4H2,1-2H3. The Morgan fingerprint density at radius 1 is 1.37 bits per heavy atom. The van der Waals surface area contributed by atoms with Crippen LogP contribution in [0.2, 0.25) is 5.02 Å². The van der Waals surface area contributed by atoms with Gasteiger partial charge >= 0.3 is 0 Å². The predicted octanol–water partition coefficient (Wildman–Crippen LogP) is 2.17. The van der Waals surface area contributed by atoms with Gasteiger partial charge in [-0.25, -0.2) is 4.39 Å². The number of anilines is 1. The number of Topliss-reactive ketones (excluding diaryl/α,β-unsaturated/α-hetero) is 1. The second-order valence-corrected chi connectivity index (χ2v) is 5.54. The molecule has 19 heavy (non-hydrogen) atoms. The summed E-state index contributed by atoms with van der Waals surface area (Å²) in [7, 11) is 0. The first-order chi connectivity index (χ1) is 8.70. The van der Waals surface area contributed by atoms with Gasteiger partial charge in [0.2, 0.25) is 0 Å². The third-order valence-corrected chi connectivity index (χ3v) is 3.25. The Kier molecular flexibility index (Phi) is 3.36. The second-order valence-electron chi connectivity index (χ2n) is 5.13. The first-order valence-electron chi connectivity index (χ1n) is 5.78. The maximum Gasteiger partial charge on any atom is 0.299 e. The zero-order valence-electron chi connectivity index (χ0n) is 10.5. The molecule has 0 aliphatic carbocycles. The lowest BCUT2D eigenvalue weighted by Crippen LogP contribution is -2.34. The molecule has 0 saturated heterocycles. The number of hydrogen-bond donors (Lipinski definition) is 1. The Hall–Kier alpha value is -1.46. The van der Waals surface area contributed by atoms with Crippen molar-refractivity contribution in [2.75, 3.05) is 11.4 Å². The number of fused-ring (bicyclic) bond motifs is 1. The van der Waals surface area contributed by atoms with Crippen LogP contribution < -0.4 is 4.90 Å². The highest BCUT2D eigenvalue weighted by Crippen LogP contribution is 2.33. The molecule has 4 nitrogen and oxygen atoms in total. The van der Waals surface area contributed by atoms with Gasteiger partial charge in [0.25, 0.3) is 11.7 Å². The highest BCUT2D eigenvalue weighted by Gasteiger charge is 2.37. The van der Waals surface area contributed by atoms with Crippen molar-refractivity contribution in [1.29, 1.82) is 0 Å². The number of ketones is 1. The number of hydrogen-bond acceptors (Lipinski definition) is 3. The third-order valence-electron chi connectivity index (χ3n) is 2.96. The Morgan fingerprint density at radius 3 is 2.58 bits per heavy atom. The molecular weight excluding hydrogens is 273 g/mol. The van der Waals surface area contributed by atoms with E-state index in [0.717, 1.165) is 12.1 Å². The predicted molar refractivity (Wildman–Crippen MR) is 69.0 cm³/mol. The molecule has 1 aromatic carbocycles. The highest BCUT2D eigenvalue weighted by molar-refractivity contribution is 6.52. The van der Waals surface area contributed by atoms with Gasteiger partial charge in [0.05, 0.1) is 21.9 Å². The minimum atomic E-state index is -0.975. The zero-order chi connectivity index (χ0) is 14.4. The molecule has 1 aromatic rings. The fourth-order valence-corrected chi connectivity index (χ4v) is 2.06. The molecule has 2 rings (SSSR count). The van der Waals surface area contributed by atoms with Crippen LogP contribution in [0.5, 0.6) is 0 Å². The van der Waals surface area contributed by atoms with Gasteiger partial charge in [-0.1, -0.05) is 11.6 Å². The van der Waals surface area contributed by atoms with Crippen molar-refractivity contribution < 1.29 is 19.1 Å². The van der Waals surface area contributed by atoms with Crippen LogP contribution in [0.15, 0.2) is 12.1 Å². The van der Waals surface area contributed by atoms with E-state index in [1.54, 1.807) is 13.8 Å². The van der Waals surface area contributed by atoms with Gasteiger partial charge in [0.1, 0.15) is 5.82 Å². The van der Waals surface area contributed by atoms with Crippen LogP contribution in [0.3, 0.4) is 0 Å². The summed E-state index contributed by atoms with van der Waals surface area (Å²) < 4.78 is 13.4. The van der Waals surface area contributed by atoms with E-state index in [0.29, 0.717) is 0 Å². The molecule has 1 aliphatic heterocycles. The molecule has 0 unspecified atom stereocenters. The van der Waals surface area contributed by atoms with Crippen molar-refractivity contribution in [3.63, 3.8) is 0 Å². The summed E-state index contributed by atoms with van der Waals surface area (Å²) in [6.45, 7) is 3.33. The molecule has 0 atom stereocenters. The molecule has 0 radical (unpaired) electrons. The van der Waals surface area contributed by atoms with E-state index in [4.69, 9.17) is 11.6 Å². The Bertz CT molecular complexity index is 566. The Balaban J connectivity index is 2.36. The van der Waals surface area contributed by atoms with Gasteiger partial charge in [-0.2, -0.15) is 0 Å². The first-order valence-corrected chi connectivity index (χ1v) is 6.16. The first kappa shape index (κ1) is 14.0. The maximum absolute atomic E-state index is 13.4. The van der Waals surface area contributed by atoms with Crippen molar-refractivity contribution in [3.05, 3.63) is 28.5 Å². The number of carbonyl (C=O) groups excluding carboxylic acids is 2. The summed E-state index contributed by atoms with van der Waals surface area (Å²) in [6, 6.07) is 2.24. The summed E-state index contributed by atoms with van der Waals surface area (Å²) in [4.78, 5) is 24.8. The lowest BCUT2D eigenvalue weighted by molar-refractivity contribution is -0.114. The fraction of sp³-hybridized carbons (Fsp3) is 0.385. The smallest absolute Gasteiger partial charge is 0.299 e. The van der Waals surface area contributed by atoms with E-state index in [9.17, 15) is 19.1 Å². The van der Waals surface area contributed by atoms with Gasteiger partial charge in [0.15, 0.2) is 0 Å². The van der Waals surface area contributed by atoms with Gasteiger partial charge in [-0.05, 0) is 32.4 Å². The highest BCUT2D eigenvalue weighted by atomic mass is 35.5. The monoisotopic (exact) mass is 285 g/mol. The molecule has 1 amide bonds. The van der Waals surface area contributed by atoms with E-state index in [1.165, 1.54) is 4.90 Å². The van der Waals surface area contributed by atoms with Crippen molar-refractivity contribution in [2.24, 2.45) is 0 Å². The number of benzene rings is 1. The Morgan fingerprint density at radius 2 is 2.00 bits per heavy atom. The van der Waals surface area contributed by atoms with Crippen molar-refractivity contribution in [2.45, 2.75) is 25.9 Å². The zero-order valence-corrected chi connectivity index (χ0v) is 11.3. The lowest BCUT2D eigenvalue weighted by Gasteiger charge is -2.22. The SMILES string of the molecule is CC(C)(O)CCN1C(=O)C(=O)c2cc(Cl)c(F)cc21. The lowest BCUT2D eigenvalue weighted by atomic mass is 10.1. The number of nitrogens with zero attached hydrogens (tertiary/aromatic N) is 1. The fourth-order valence-electron chi connectivity index (χ4n) is 1.90. The van der Waals surface area contributed by atoms with Crippen LogP contribution in [-0.4, -0.2) is 28.9 Å². The summed E-state index contributed by atoms with van der Waals surface area (Å²) in [6.07, 6.45) is 0.274. The number of halogens is 2. The normalized spacial score (nSPS) is 15.1. The summed E-state index contributed by atoms with van der Waals surface area (Å²) >= 11 is 5.61. The molecule has 0 aromatic heterocycles. The van der Waals surface area contributed by atoms with Crippen molar-refractivity contribution in [3.8, 4) is 0 Å². The minimum absolute atomic E-state index is 0.104. The van der Waals surface area contributed by atoms with Crippen molar-refractivity contribution in [1.82, 2.24) is 0 Å². The number of carbonyl (C=O) groups is 2. The third kappa shape index (κ3) is 2.62. The molecule has 0 fully saturated rings. The van der Waals surface area contributed by atoms with Gasteiger partial charge in [-0.3, -0.25) is 9.59 Å². The van der Waals surface area contributed by atoms with E-state index in [-0.39, 0.29) is 29.2 Å². The summed E-state index contributed by atoms with van der Waals surface area (Å²) in [5.41, 5.74) is -0.662. The molecule has 6 heteroatoms.